The third-order valence-electron chi connectivity index (χ3n) is 4.90. The van der Waals surface area contributed by atoms with Gasteiger partial charge in [-0.1, -0.05) is 0 Å². The first-order valence-corrected chi connectivity index (χ1v) is 9.36. The van der Waals surface area contributed by atoms with Gasteiger partial charge in [0.15, 0.2) is 28.7 Å². The zero-order valence-corrected chi connectivity index (χ0v) is 15.8. The van der Waals surface area contributed by atoms with E-state index >= 15 is 0 Å². The van der Waals surface area contributed by atoms with Gasteiger partial charge < -0.3 is 20.1 Å². The Kier molecular flexibility index (Phi) is 4.40. The first kappa shape index (κ1) is 18.3. The predicted octanol–water partition coefficient (Wildman–Crippen LogP) is 1.50. The molecule has 5 heterocycles. The van der Waals surface area contributed by atoms with Crippen molar-refractivity contribution in [1.29, 1.82) is 5.26 Å². The predicted molar refractivity (Wildman–Crippen MR) is 103 cm³/mol. The molecule has 10 nitrogen and oxygen atoms in total. The largest absolute Gasteiger partial charge is 0.490 e. The van der Waals surface area contributed by atoms with Gasteiger partial charge in [-0.25, -0.2) is 14.4 Å². The van der Waals surface area contributed by atoms with E-state index in [1.807, 2.05) is 6.07 Å². The molecule has 2 aliphatic rings. The molecule has 0 aromatic carbocycles. The van der Waals surface area contributed by atoms with Crippen molar-refractivity contribution in [1.82, 2.24) is 30.5 Å². The number of aromatic nitrogens is 5. The summed E-state index contributed by atoms with van der Waals surface area (Å²) in [5, 5.41) is 21.9. The fourth-order valence-corrected chi connectivity index (χ4v) is 3.26. The lowest BCUT2D eigenvalue weighted by molar-refractivity contribution is 0.0347. The fourth-order valence-electron chi connectivity index (χ4n) is 3.26. The number of aromatic amines is 1. The zero-order valence-electron chi connectivity index (χ0n) is 15.8. The lowest BCUT2D eigenvalue weighted by Gasteiger charge is -2.34. The van der Waals surface area contributed by atoms with Crippen LogP contribution >= 0.6 is 0 Å². The molecule has 0 atom stereocenters. The molecule has 5 rings (SSSR count). The Bertz CT molecular complexity index is 1120. The van der Waals surface area contributed by atoms with Crippen molar-refractivity contribution >= 4 is 11.6 Å². The van der Waals surface area contributed by atoms with Crippen molar-refractivity contribution in [2.24, 2.45) is 0 Å². The summed E-state index contributed by atoms with van der Waals surface area (Å²) in [5.74, 6) is 1.97. The Hall–Kier alpha value is -3.78. The molecule has 1 fully saturated rings. The fraction of sp³-hybridized carbons (Fsp3) is 0.316. The highest BCUT2D eigenvalue weighted by molar-refractivity contribution is 5.77. The van der Waals surface area contributed by atoms with Crippen LogP contribution in [0.25, 0.3) is 11.3 Å². The molecule has 0 amide bonds. The zero-order chi connectivity index (χ0) is 20.6. The van der Waals surface area contributed by atoms with E-state index in [0.29, 0.717) is 47.4 Å². The highest BCUT2D eigenvalue weighted by Gasteiger charge is 2.38. The van der Waals surface area contributed by atoms with E-state index in [-0.39, 0.29) is 25.4 Å². The van der Waals surface area contributed by atoms with Crippen molar-refractivity contribution in [3.8, 4) is 28.8 Å². The molecule has 0 unspecified atom stereocenters. The Morgan fingerprint density at radius 2 is 2.13 bits per heavy atom. The van der Waals surface area contributed by atoms with Gasteiger partial charge in [0, 0.05) is 25.6 Å². The topological polar surface area (TPSA) is 134 Å². The molecule has 0 bridgehead atoms. The summed E-state index contributed by atoms with van der Waals surface area (Å²) < 4.78 is 26.0. The number of pyridine rings is 1. The van der Waals surface area contributed by atoms with Crippen molar-refractivity contribution in [3.63, 3.8) is 0 Å². The highest BCUT2D eigenvalue weighted by Crippen LogP contribution is 2.42. The third kappa shape index (κ3) is 3.37. The summed E-state index contributed by atoms with van der Waals surface area (Å²) in [6, 6.07) is 3.68. The van der Waals surface area contributed by atoms with E-state index in [1.54, 1.807) is 12.3 Å². The number of hydrogen-bond acceptors (Lipinski definition) is 9. The molecule has 3 aromatic heterocycles. The van der Waals surface area contributed by atoms with Gasteiger partial charge in [-0.15, -0.1) is 0 Å². The van der Waals surface area contributed by atoms with E-state index in [2.05, 4.69) is 35.8 Å². The van der Waals surface area contributed by atoms with Crippen molar-refractivity contribution < 1.29 is 13.9 Å². The molecule has 2 aliphatic heterocycles. The van der Waals surface area contributed by atoms with Gasteiger partial charge in [-0.3, -0.25) is 10.1 Å². The average Bonchev–Trinajstić information content (AvgIpc) is 3.40. The van der Waals surface area contributed by atoms with Gasteiger partial charge in [0.2, 0.25) is 0 Å². The maximum Gasteiger partial charge on any atom is 0.169 e. The Morgan fingerprint density at radius 3 is 2.87 bits per heavy atom. The number of alkyl halides is 1. The Balaban J connectivity index is 1.43. The number of ether oxygens (including phenoxy) is 2. The van der Waals surface area contributed by atoms with Crippen LogP contribution < -0.4 is 20.1 Å². The normalized spacial score (nSPS) is 16.1. The van der Waals surface area contributed by atoms with Crippen LogP contribution in [0.5, 0.6) is 11.5 Å². The quantitative estimate of drug-likeness (QED) is 0.555. The van der Waals surface area contributed by atoms with E-state index in [4.69, 9.17) is 14.7 Å². The van der Waals surface area contributed by atoms with Gasteiger partial charge in [0.05, 0.1) is 42.1 Å². The number of rotatable bonds is 6. The summed E-state index contributed by atoms with van der Waals surface area (Å²) in [6.07, 6.45) is 5.10. The summed E-state index contributed by atoms with van der Waals surface area (Å²) in [5.41, 5.74) is 0.947. The van der Waals surface area contributed by atoms with Gasteiger partial charge in [0.1, 0.15) is 18.5 Å². The summed E-state index contributed by atoms with van der Waals surface area (Å²) in [4.78, 5) is 12.5. The molecule has 1 saturated heterocycles. The maximum atomic E-state index is 14.4. The van der Waals surface area contributed by atoms with Crippen LogP contribution in [-0.2, 0) is 6.42 Å². The van der Waals surface area contributed by atoms with Crippen molar-refractivity contribution in [3.05, 3.63) is 36.0 Å². The summed E-state index contributed by atoms with van der Waals surface area (Å²) >= 11 is 0. The first-order chi connectivity index (χ1) is 14.6. The van der Waals surface area contributed by atoms with E-state index in [1.165, 1.54) is 12.4 Å². The van der Waals surface area contributed by atoms with Crippen LogP contribution in [0.15, 0.2) is 24.7 Å². The van der Waals surface area contributed by atoms with Crippen molar-refractivity contribution in [2.75, 3.05) is 31.6 Å². The number of H-pyrrole nitrogens is 1. The lowest BCUT2D eigenvalue weighted by Crippen LogP contribution is -2.59. The molecule has 152 valence electrons. The second kappa shape index (κ2) is 7.23. The maximum absolute atomic E-state index is 14.4. The number of nitrogens with one attached hydrogen (secondary N) is 3. The number of anilines is 2. The third-order valence-corrected chi connectivity index (χ3v) is 4.90. The average molecular weight is 408 g/mol. The van der Waals surface area contributed by atoms with Gasteiger partial charge in [-0.05, 0) is 0 Å². The number of nitriles is 1. The van der Waals surface area contributed by atoms with Crippen molar-refractivity contribution in [2.45, 2.75) is 12.1 Å². The molecule has 3 N–H and O–H groups in total. The van der Waals surface area contributed by atoms with Crippen LogP contribution in [0.3, 0.4) is 0 Å². The molecular formula is C19H17FN8O2. The molecule has 3 aromatic rings. The minimum Gasteiger partial charge on any atom is -0.490 e. The summed E-state index contributed by atoms with van der Waals surface area (Å²) in [7, 11) is 0. The van der Waals surface area contributed by atoms with Crippen LogP contribution in [0, 0.1) is 11.3 Å². The molecule has 0 radical (unpaired) electrons. The molecule has 0 spiro atoms. The van der Waals surface area contributed by atoms with E-state index in [0.717, 1.165) is 5.69 Å². The van der Waals surface area contributed by atoms with E-state index in [9.17, 15) is 4.39 Å². The molecule has 0 aliphatic carbocycles. The number of halogens is 1. The molecule has 11 heteroatoms. The second-order valence-electron chi connectivity index (χ2n) is 7.11. The minimum atomic E-state index is -1.38. The standard InChI is InChI=1S/C19H17FN8O2/c20-19(8-22-9-19)10-30-14-6-24-12-1-2-29-18(12)17(14)13-3-15(28-27-13)26-16-7-23-11(4-21)5-25-16/h3,5-7,22H,1-2,8-10H2,(H2,25,26,27,28). The smallest absolute Gasteiger partial charge is 0.169 e. The Morgan fingerprint density at radius 1 is 1.23 bits per heavy atom. The number of nitrogens with zero attached hydrogens (tertiary/aromatic N) is 5. The van der Waals surface area contributed by atoms with Gasteiger partial charge in [0.25, 0.3) is 0 Å². The van der Waals surface area contributed by atoms with Crippen LogP contribution in [-0.4, -0.2) is 57.1 Å². The molecular weight excluding hydrogens is 391 g/mol. The van der Waals surface area contributed by atoms with Gasteiger partial charge >= 0.3 is 0 Å². The number of fused-ring (bicyclic) bond motifs is 1. The monoisotopic (exact) mass is 408 g/mol. The second-order valence-corrected chi connectivity index (χ2v) is 7.11. The number of hydrogen-bond donors (Lipinski definition) is 3. The minimum absolute atomic E-state index is 0.0759. The van der Waals surface area contributed by atoms with Gasteiger partial charge in [-0.2, -0.15) is 10.4 Å². The first-order valence-electron chi connectivity index (χ1n) is 9.36. The van der Waals surface area contributed by atoms with Crippen LogP contribution in [0.2, 0.25) is 0 Å². The molecule has 30 heavy (non-hydrogen) atoms. The van der Waals surface area contributed by atoms with Crippen LogP contribution in [0.1, 0.15) is 11.4 Å². The van der Waals surface area contributed by atoms with E-state index < -0.39 is 5.67 Å². The van der Waals surface area contributed by atoms with Crippen LogP contribution in [0.4, 0.5) is 16.0 Å². The SMILES string of the molecule is N#Cc1cnc(Nc2cc(-c3c(OCC4(F)CNC4)cnc4c3OCC4)[nH]n2)cn1. The highest BCUT2D eigenvalue weighted by atomic mass is 19.1. The lowest BCUT2D eigenvalue weighted by atomic mass is 10.0. The summed E-state index contributed by atoms with van der Waals surface area (Å²) in [6.45, 7) is 0.977. The Labute approximate surface area is 170 Å². The molecule has 0 saturated carbocycles.